The fourth-order valence-electron chi connectivity index (χ4n) is 1.46. The van der Waals surface area contributed by atoms with Crippen molar-refractivity contribution >= 4 is 62.3 Å². The monoisotopic (exact) mass is 377 g/mol. The smallest absolute Gasteiger partial charge is 0.257 e. The summed E-state index contributed by atoms with van der Waals surface area (Å²) in [6, 6.07) is 9.97. The quantitative estimate of drug-likeness (QED) is 0.716. The summed E-state index contributed by atoms with van der Waals surface area (Å²) in [5.74, 6) is -0.337. The average Bonchev–Trinajstić information content (AvgIpc) is 2.36. The Morgan fingerprint density at radius 2 is 1.84 bits per heavy atom. The van der Waals surface area contributed by atoms with Crippen LogP contribution in [-0.2, 0) is 0 Å². The summed E-state index contributed by atoms with van der Waals surface area (Å²) in [6.07, 6.45) is 0. The van der Waals surface area contributed by atoms with Crippen molar-refractivity contribution in [2.75, 3.05) is 5.32 Å². The van der Waals surface area contributed by atoms with Crippen molar-refractivity contribution in [1.29, 1.82) is 0 Å². The van der Waals surface area contributed by atoms with E-state index in [0.29, 0.717) is 25.8 Å². The molecule has 0 aromatic heterocycles. The number of hydrogen-bond acceptors (Lipinski definition) is 1. The van der Waals surface area contributed by atoms with Crippen LogP contribution in [0.1, 0.15) is 10.4 Å². The number of carbonyl (C=O) groups excluding carboxylic acids is 1. The Morgan fingerprint density at radius 1 is 1.11 bits per heavy atom. The highest BCUT2D eigenvalue weighted by molar-refractivity contribution is 9.10. The molecule has 0 bridgehead atoms. The molecule has 0 atom stereocenters. The highest BCUT2D eigenvalue weighted by Gasteiger charge is 2.13. The molecular weight excluding hydrogens is 372 g/mol. The number of carbonyl (C=O) groups is 1. The van der Waals surface area contributed by atoms with Gasteiger partial charge in [-0.1, -0.05) is 40.9 Å². The van der Waals surface area contributed by atoms with Crippen LogP contribution in [0.2, 0.25) is 15.1 Å². The highest BCUT2D eigenvalue weighted by atomic mass is 79.9. The van der Waals surface area contributed by atoms with Gasteiger partial charge in [-0.25, -0.2) is 0 Å². The van der Waals surface area contributed by atoms with Crippen molar-refractivity contribution in [1.82, 2.24) is 0 Å². The van der Waals surface area contributed by atoms with Gasteiger partial charge in [0.05, 0.1) is 21.3 Å². The second-order valence-corrected chi connectivity index (χ2v) is 5.76. The first-order valence-electron chi connectivity index (χ1n) is 5.19. The largest absolute Gasteiger partial charge is 0.321 e. The van der Waals surface area contributed by atoms with Gasteiger partial charge in [-0.3, -0.25) is 4.79 Å². The molecule has 2 aromatic carbocycles. The molecule has 0 fully saturated rings. The molecular formula is C13H7BrCl3NO. The minimum absolute atomic E-state index is 0.228. The van der Waals surface area contributed by atoms with E-state index >= 15 is 0 Å². The third-order valence-corrected chi connectivity index (χ3v) is 4.09. The molecule has 6 heteroatoms. The predicted molar refractivity (Wildman–Crippen MR) is 83.6 cm³/mol. The summed E-state index contributed by atoms with van der Waals surface area (Å²) in [5.41, 5.74) is 0.918. The molecule has 2 nitrogen and oxygen atoms in total. The van der Waals surface area contributed by atoms with E-state index in [9.17, 15) is 4.79 Å². The second-order valence-electron chi connectivity index (χ2n) is 3.68. The molecule has 0 spiro atoms. The molecule has 0 aliphatic rings. The Bertz CT molecular complexity index is 646. The zero-order chi connectivity index (χ0) is 14.0. The lowest BCUT2D eigenvalue weighted by Crippen LogP contribution is -2.12. The SMILES string of the molecule is O=C(Nc1ccc(Cl)cc1Br)c1cccc(Cl)c1Cl. The number of anilines is 1. The third-order valence-electron chi connectivity index (χ3n) is 2.38. The van der Waals surface area contributed by atoms with E-state index in [1.54, 1.807) is 36.4 Å². The lowest BCUT2D eigenvalue weighted by atomic mass is 10.2. The van der Waals surface area contributed by atoms with E-state index in [0.717, 1.165) is 0 Å². The molecule has 0 saturated carbocycles. The topological polar surface area (TPSA) is 29.1 Å². The van der Waals surface area contributed by atoms with Gasteiger partial charge in [0.15, 0.2) is 0 Å². The van der Waals surface area contributed by atoms with Gasteiger partial charge in [0, 0.05) is 9.50 Å². The normalized spacial score (nSPS) is 10.3. The molecule has 1 N–H and O–H groups in total. The van der Waals surface area contributed by atoms with Crippen LogP contribution >= 0.6 is 50.7 Å². The Morgan fingerprint density at radius 3 is 2.53 bits per heavy atom. The standard InChI is InChI=1S/C13H7BrCl3NO/c14-9-6-7(15)4-5-11(9)18-13(19)8-2-1-3-10(16)12(8)17/h1-6H,(H,18,19). The number of halogens is 4. The Balaban J connectivity index is 2.28. The van der Waals surface area contributed by atoms with Crippen LogP contribution in [-0.4, -0.2) is 5.91 Å². The zero-order valence-corrected chi connectivity index (χ0v) is 13.2. The minimum atomic E-state index is -0.337. The van der Waals surface area contributed by atoms with Crippen molar-refractivity contribution in [3.05, 3.63) is 61.5 Å². The molecule has 0 aliphatic heterocycles. The van der Waals surface area contributed by atoms with E-state index in [1.807, 2.05) is 0 Å². The van der Waals surface area contributed by atoms with Crippen molar-refractivity contribution in [2.24, 2.45) is 0 Å². The van der Waals surface area contributed by atoms with Gasteiger partial charge < -0.3 is 5.32 Å². The van der Waals surface area contributed by atoms with E-state index in [1.165, 1.54) is 0 Å². The van der Waals surface area contributed by atoms with Crippen LogP contribution in [0.5, 0.6) is 0 Å². The van der Waals surface area contributed by atoms with Gasteiger partial charge in [-0.2, -0.15) is 0 Å². The van der Waals surface area contributed by atoms with E-state index < -0.39 is 0 Å². The van der Waals surface area contributed by atoms with Crippen LogP contribution in [0.25, 0.3) is 0 Å². The average molecular weight is 379 g/mol. The first-order chi connectivity index (χ1) is 8.99. The summed E-state index contributed by atoms with van der Waals surface area (Å²) >= 11 is 21.0. The lowest BCUT2D eigenvalue weighted by molar-refractivity contribution is 0.102. The number of rotatable bonds is 2. The molecule has 0 aliphatic carbocycles. The van der Waals surface area contributed by atoms with Gasteiger partial charge in [-0.15, -0.1) is 0 Å². The number of amides is 1. The Labute approximate surface area is 133 Å². The van der Waals surface area contributed by atoms with Crippen LogP contribution in [0.15, 0.2) is 40.9 Å². The van der Waals surface area contributed by atoms with Gasteiger partial charge in [0.2, 0.25) is 0 Å². The van der Waals surface area contributed by atoms with Crippen molar-refractivity contribution in [3.8, 4) is 0 Å². The van der Waals surface area contributed by atoms with E-state index in [4.69, 9.17) is 34.8 Å². The first-order valence-corrected chi connectivity index (χ1v) is 7.12. The van der Waals surface area contributed by atoms with Crippen molar-refractivity contribution < 1.29 is 4.79 Å². The van der Waals surface area contributed by atoms with E-state index in [-0.39, 0.29) is 10.9 Å². The van der Waals surface area contributed by atoms with E-state index in [2.05, 4.69) is 21.2 Å². The zero-order valence-electron chi connectivity index (χ0n) is 9.38. The predicted octanol–water partition coefficient (Wildman–Crippen LogP) is 5.66. The van der Waals surface area contributed by atoms with Gasteiger partial charge in [0.1, 0.15) is 0 Å². The molecule has 0 heterocycles. The van der Waals surface area contributed by atoms with Gasteiger partial charge >= 0.3 is 0 Å². The molecule has 2 rings (SSSR count). The summed E-state index contributed by atoms with van der Waals surface area (Å²) in [5, 5.41) is 3.87. The Hall–Kier alpha value is -0.740. The maximum absolute atomic E-state index is 12.1. The maximum atomic E-state index is 12.1. The summed E-state index contributed by atoms with van der Waals surface area (Å²) < 4.78 is 0.687. The third kappa shape index (κ3) is 3.42. The van der Waals surface area contributed by atoms with Crippen LogP contribution in [0.3, 0.4) is 0 Å². The number of hydrogen-bond donors (Lipinski definition) is 1. The van der Waals surface area contributed by atoms with Crippen LogP contribution < -0.4 is 5.32 Å². The van der Waals surface area contributed by atoms with Crippen molar-refractivity contribution in [3.63, 3.8) is 0 Å². The molecule has 98 valence electrons. The highest BCUT2D eigenvalue weighted by Crippen LogP contribution is 2.29. The minimum Gasteiger partial charge on any atom is -0.321 e. The summed E-state index contributed by atoms with van der Waals surface area (Å²) in [7, 11) is 0. The van der Waals surface area contributed by atoms with Gasteiger partial charge in [0.25, 0.3) is 5.91 Å². The summed E-state index contributed by atoms with van der Waals surface area (Å²) in [6.45, 7) is 0. The molecule has 0 radical (unpaired) electrons. The lowest BCUT2D eigenvalue weighted by Gasteiger charge is -2.09. The summed E-state index contributed by atoms with van der Waals surface area (Å²) in [4.78, 5) is 12.1. The number of nitrogens with one attached hydrogen (secondary N) is 1. The van der Waals surface area contributed by atoms with Gasteiger partial charge in [-0.05, 0) is 46.3 Å². The molecule has 19 heavy (non-hydrogen) atoms. The van der Waals surface area contributed by atoms with Crippen LogP contribution in [0.4, 0.5) is 5.69 Å². The maximum Gasteiger partial charge on any atom is 0.257 e. The molecule has 2 aromatic rings. The molecule has 1 amide bonds. The fraction of sp³-hybridized carbons (Fsp3) is 0. The Kier molecular flexibility index (Phi) is 4.74. The molecule has 0 saturated heterocycles. The van der Waals surface area contributed by atoms with Crippen molar-refractivity contribution in [2.45, 2.75) is 0 Å². The molecule has 0 unspecified atom stereocenters. The number of benzene rings is 2. The van der Waals surface area contributed by atoms with Crippen LogP contribution in [0, 0.1) is 0 Å². The first kappa shape index (κ1) is 14.7. The fourth-order valence-corrected chi connectivity index (χ4v) is 2.63. The second kappa shape index (κ2) is 6.14.